The molecule has 0 amide bonds. The summed E-state index contributed by atoms with van der Waals surface area (Å²) in [6.45, 7) is 13.3. The first-order chi connectivity index (χ1) is 68.7. The van der Waals surface area contributed by atoms with E-state index in [9.17, 15) is 57.5 Å². The van der Waals surface area contributed by atoms with E-state index in [0.29, 0.717) is 213 Å². The minimum Gasteiger partial charge on any atom is -1.00 e. The molecule has 0 saturated heterocycles. The van der Waals surface area contributed by atoms with Crippen LogP contribution in [0.5, 0.6) is 0 Å². The van der Waals surface area contributed by atoms with E-state index in [1.807, 2.05) is 72.8 Å². The third kappa shape index (κ3) is 21.9. The van der Waals surface area contributed by atoms with Crippen LogP contribution in [0.1, 0.15) is 231 Å². The zero-order chi connectivity index (χ0) is 97.5. The number of nitrogens with zero attached hydrogens (tertiary/aromatic N) is 7. The Morgan fingerprint density at radius 3 is 0.671 bits per heavy atom. The average molecular weight is 2210 g/mol. The number of nitrogens with one attached hydrogen (secondary N) is 7. The standard InChI is InChI=1S/C43H42N6O4.C36H30N4O4.C36H34N4O4.CH4.4BrH/c50-40-30-10-1-3-12-32(30)42(52)38-34(40)14-5-16-36(38)44-18-7-20-46-24-26-48(28-46)22-9-23-49-27-25-47(29-49)21-8-19-45-37-17-6-15-35-39(37)43(53)33-13-4-2-11-31(33)41(35)51;41-33-23-8-1-3-10-25(23)35(43)31-27(33)12-5-14-29(31)37-16-7-18-39-20-21-40(22-39)19-17-38-30-15-6-13-28-32(30)36(44)26-11-4-2-9-24(26)34(28)42;1-37-27-16-17-29(32-31(27)35(43)24-12-6-7-13-25(24)36(32)44)38-18-9-20-40(2,3)21-19-39-28-15-8-14-26-30(28)34(42)23-11-5-4-10-22(23)33(26)41;;;;;/h1-6,10-17,24-27,44-45H,7-9,18-23,28-29H2;1-6,8-15,20-21,37-38H,7,16-19,22H2;4-8,10-17H,9,18-21H2,1-3H3,(H2-,37,38,39,41,42,43,44);1H4;4*1H/p-3. The topological polar surface area (TPSA) is 308 Å². The van der Waals surface area contributed by atoms with Gasteiger partial charge in [-0.25, -0.2) is 0 Å². The number of carbonyl (C=O) groups excluding carboxylic acids is 12. The Balaban J connectivity index is 0.000000171. The van der Waals surface area contributed by atoms with Crippen LogP contribution in [0.25, 0.3) is 0 Å². The minimum atomic E-state index is -0.150. The molecule has 0 spiro atoms. The van der Waals surface area contributed by atoms with Crippen LogP contribution in [0.3, 0.4) is 0 Å². The molecule has 0 aromatic heterocycles. The number of likely N-dealkylation sites (N-methyl/N-ethyl adjacent to an activating group) is 1. The number of anilines is 7. The maximum Gasteiger partial charge on any atom is 0.196 e. The summed E-state index contributed by atoms with van der Waals surface area (Å²) in [6.07, 6.45) is 17.2. The summed E-state index contributed by atoms with van der Waals surface area (Å²) in [4.78, 5) is 172. The van der Waals surface area contributed by atoms with Crippen molar-refractivity contribution in [3.05, 3.63) is 419 Å². The third-order valence-corrected chi connectivity index (χ3v) is 27.4. The molecule has 3 aliphatic heterocycles. The predicted octanol–water partition coefficient (Wildman–Crippen LogP) is 5.14. The molecule has 0 atom stereocenters. The van der Waals surface area contributed by atoms with Gasteiger partial charge in [-0.3, -0.25) is 57.5 Å². The van der Waals surface area contributed by atoms with Gasteiger partial charge in [0.05, 0.1) is 92.7 Å². The Morgan fingerprint density at radius 2 is 0.404 bits per heavy atom. The number of halogens is 4. The summed E-state index contributed by atoms with van der Waals surface area (Å²) in [6, 6.07) is 72.7. The smallest absolute Gasteiger partial charge is 0.196 e. The first-order valence-corrected chi connectivity index (χ1v) is 48.0. The molecule has 7 N–H and O–H groups in total. The molecule has 30 heteroatoms. The Labute approximate surface area is 890 Å². The molecule has 3 heterocycles. The number of benzene rings is 12. The normalized spacial score (nSPS) is 14.2. The summed E-state index contributed by atoms with van der Waals surface area (Å²) in [5.41, 5.74) is 15.6. The lowest BCUT2D eigenvalue weighted by Crippen LogP contribution is -3.00. The van der Waals surface area contributed by atoms with Crippen LogP contribution < -0.4 is 105 Å². The Hall–Kier alpha value is -14.8. The van der Waals surface area contributed by atoms with E-state index < -0.39 is 0 Å². The number of fused-ring (bicyclic) bond motifs is 12. The number of carbonyl (C=O) groups is 12. The molecule has 9 aliphatic rings. The van der Waals surface area contributed by atoms with Gasteiger partial charge < -0.3 is 139 Å². The van der Waals surface area contributed by atoms with Crippen LogP contribution in [-0.4, -0.2) is 236 Å². The monoisotopic (exact) mass is 2210 g/mol. The van der Waals surface area contributed by atoms with Crippen LogP contribution in [-0.2, 0) is 0 Å². The summed E-state index contributed by atoms with van der Waals surface area (Å²) < 4.78 is 0.723. The van der Waals surface area contributed by atoms with Crippen molar-refractivity contribution in [2.24, 2.45) is 0 Å². The van der Waals surface area contributed by atoms with Crippen molar-refractivity contribution in [2.45, 2.75) is 39.5 Å². The molecule has 12 aromatic carbocycles. The second-order valence-electron chi connectivity index (χ2n) is 36.9. The zero-order valence-corrected chi connectivity index (χ0v) is 86.6. The van der Waals surface area contributed by atoms with Gasteiger partial charge in [0.15, 0.2) is 69.4 Å². The van der Waals surface area contributed by atoms with Crippen molar-refractivity contribution < 1.29 is 130 Å². The highest BCUT2D eigenvalue weighted by molar-refractivity contribution is 6.35. The van der Waals surface area contributed by atoms with Gasteiger partial charge in [-0.2, -0.15) is 0 Å². The van der Waals surface area contributed by atoms with Gasteiger partial charge >= 0.3 is 0 Å². The third-order valence-electron chi connectivity index (χ3n) is 27.4. The fraction of sp³-hybridized carbons (Fsp3) is 0.224. The lowest BCUT2D eigenvalue weighted by Gasteiger charge is -2.30. The van der Waals surface area contributed by atoms with Crippen LogP contribution in [0.2, 0.25) is 0 Å². The first-order valence-electron chi connectivity index (χ1n) is 48.0. The molecule has 26 nitrogen and oxygen atoms in total. The van der Waals surface area contributed by atoms with Gasteiger partial charge in [0.1, 0.15) is 0 Å². The maximum absolute atomic E-state index is 13.5. The average Bonchev–Trinajstić information content (AvgIpc) is 1.03. The fourth-order valence-corrected chi connectivity index (χ4v) is 20.1. The number of ketones is 12. The van der Waals surface area contributed by atoms with Crippen LogP contribution in [0.15, 0.2) is 286 Å². The molecule has 0 radical (unpaired) electrons. The van der Waals surface area contributed by atoms with Gasteiger partial charge in [0.25, 0.3) is 0 Å². The SMILES string of the molecule is C.CNc1ccc(NCCC[N+](C)(C)CCNc2cccc3c2C(=O)c2ccccc2C3=O)c2c1C(=O)c1ccccc1C2=O.O=C1c2ccccc2C(=O)c2c(NCCCN3C=CN(CCCN4C=CN(CCCNc5cccc6c5C(=O)c5ccccc5C6=O)C4)C3)cccc21.O=C1c2ccccc2C(=O)c2c(NCCCN3C=CN(CCNc4cccc5c4C(=O)c4ccccc4C5=O)C3)cccc21.[Br-].[Br-].[Br-].[Br-]. The van der Waals surface area contributed by atoms with Gasteiger partial charge in [-0.15, -0.1) is 0 Å². The second kappa shape index (κ2) is 47.4. The lowest BCUT2D eigenvalue weighted by atomic mass is 9.82. The van der Waals surface area contributed by atoms with Crippen molar-refractivity contribution in [3.8, 4) is 0 Å². The highest BCUT2D eigenvalue weighted by atomic mass is 79.9. The summed E-state index contributed by atoms with van der Waals surface area (Å²) in [5, 5.41) is 23.5. The Bertz CT molecular complexity index is 7090. The van der Waals surface area contributed by atoms with E-state index >= 15 is 0 Å². The first kappa shape index (κ1) is 107. The lowest BCUT2D eigenvalue weighted by molar-refractivity contribution is -0.888. The maximum atomic E-state index is 13.5. The van der Waals surface area contributed by atoms with Crippen LogP contribution >= 0.6 is 0 Å². The molecule has 21 rings (SSSR count). The van der Waals surface area contributed by atoms with Crippen LogP contribution in [0.4, 0.5) is 39.8 Å². The van der Waals surface area contributed by atoms with E-state index in [2.05, 4.69) is 118 Å². The minimum absolute atomic E-state index is 0. The molecule has 12 aromatic rings. The van der Waals surface area contributed by atoms with E-state index in [4.69, 9.17) is 0 Å². The quantitative estimate of drug-likeness (QED) is 0.0207. The van der Waals surface area contributed by atoms with Crippen molar-refractivity contribution in [3.63, 3.8) is 0 Å². The van der Waals surface area contributed by atoms with Crippen LogP contribution in [0, 0.1) is 0 Å². The summed E-state index contributed by atoms with van der Waals surface area (Å²) in [7, 11) is 6.05. The highest BCUT2D eigenvalue weighted by Gasteiger charge is 2.40. The molecule has 146 heavy (non-hydrogen) atoms. The van der Waals surface area contributed by atoms with Crippen molar-refractivity contribution >= 4 is 109 Å². The predicted molar refractivity (Wildman–Crippen MR) is 553 cm³/mol. The van der Waals surface area contributed by atoms with Crippen molar-refractivity contribution in [1.29, 1.82) is 0 Å². The number of hydrogen-bond donors (Lipinski definition) is 7. The van der Waals surface area contributed by atoms with Crippen molar-refractivity contribution in [2.75, 3.05) is 170 Å². The molecular formula is C116H111Br4N14O12-3. The second-order valence-corrected chi connectivity index (χ2v) is 36.9. The van der Waals surface area contributed by atoms with Gasteiger partial charge in [0.2, 0.25) is 0 Å². The molecule has 0 bridgehead atoms. The van der Waals surface area contributed by atoms with E-state index in [1.54, 1.807) is 183 Å². The summed E-state index contributed by atoms with van der Waals surface area (Å²) in [5.74, 6) is -1.45. The molecule has 6 aliphatic carbocycles. The summed E-state index contributed by atoms with van der Waals surface area (Å²) >= 11 is 0. The van der Waals surface area contributed by atoms with Gasteiger partial charge in [0, 0.05) is 257 Å². The Morgan fingerprint density at radius 1 is 0.205 bits per heavy atom. The molecule has 748 valence electrons. The van der Waals surface area contributed by atoms with Crippen molar-refractivity contribution in [1.82, 2.24) is 29.4 Å². The molecular weight excluding hydrogens is 2100 g/mol. The zero-order valence-electron chi connectivity index (χ0n) is 80.2. The van der Waals surface area contributed by atoms with E-state index in [0.717, 1.165) is 109 Å². The molecule has 0 saturated carbocycles. The number of hydrogen-bond acceptors (Lipinski definition) is 25. The molecule has 0 fully saturated rings. The largest absolute Gasteiger partial charge is 1.00 e. The Kier molecular flexibility index (Phi) is 34.7. The number of rotatable bonds is 33. The van der Waals surface area contributed by atoms with E-state index in [-0.39, 0.29) is 145 Å². The van der Waals surface area contributed by atoms with E-state index in [1.165, 1.54) is 0 Å². The highest BCUT2D eigenvalue weighted by Crippen LogP contribution is 2.41. The molecule has 0 unspecified atom stereocenters. The van der Waals surface area contributed by atoms with Gasteiger partial charge in [-0.05, 0) is 68.1 Å². The van der Waals surface area contributed by atoms with Gasteiger partial charge in [-0.1, -0.05) is 214 Å². The number of quaternary nitrogens is 1. The fourth-order valence-electron chi connectivity index (χ4n) is 20.1.